The normalized spacial score (nSPS) is 18.5. The van der Waals surface area contributed by atoms with Crippen molar-refractivity contribution in [3.63, 3.8) is 0 Å². The molecule has 1 fully saturated rings. The zero-order valence-corrected chi connectivity index (χ0v) is 17.4. The van der Waals surface area contributed by atoms with Crippen molar-refractivity contribution >= 4 is 29.1 Å². The summed E-state index contributed by atoms with van der Waals surface area (Å²) in [6.45, 7) is 6.81. The second-order valence-electron chi connectivity index (χ2n) is 7.35. The number of aliphatic hydroxyl groups is 1. The van der Waals surface area contributed by atoms with Gasteiger partial charge < -0.3 is 14.7 Å². The lowest BCUT2D eigenvalue weighted by Gasteiger charge is -2.27. The number of rotatable bonds is 6. The van der Waals surface area contributed by atoms with E-state index in [0.717, 1.165) is 5.56 Å². The van der Waals surface area contributed by atoms with Crippen LogP contribution in [-0.2, 0) is 9.59 Å². The molecule has 0 bridgehead atoms. The van der Waals surface area contributed by atoms with Crippen molar-refractivity contribution in [3.8, 4) is 5.75 Å². The molecule has 1 unspecified atom stereocenters. The van der Waals surface area contributed by atoms with Gasteiger partial charge in [0.25, 0.3) is 11.7 Å². The Bertz CT molecular complexity index is 932. The molecule has 0 radical (unpaired) electrons. The van der Waals surface area contributed by atoms with Gasteiger partial charge in [0.2, 0.25) is 0 Å². The lowest BCUT2D eigenvalue weighted by atomic mass is 9.95. The van der Waals surface area contributed by atoms with Gasteiger partial charge in [-0.15, -0.1) is 0 Å². The maximum atomic E-state index is 12.9. The molecule has 1 aliphatic heterocycles. The first-order chi connectivity index (χ1) is 13.8. The van der Waals surface area contributed by atoms with Crippen molar-refractivity contribution in [2.45, 2.75) is 26.8 Å². The van der Waals surface area contributed by atoms with Crippen molar-refractivity contribution in [3.05, 3.63) is 70.3 Å². The Morgan fingerprint density at radius 3 is 2.28 bits per heavy atom. The highest BCUT2D eigenvalue weighted by Crippen LogP contribution is 2.40. The van der Waals surface area contributed by atoms with Crippen LogP contribution in [0.25, 0.3) is 5.76 Å². The van der Waals surface area contributed by atoms with E-state index in [2.05, 4.69) is 0 Å². The Kier molecular flexibility index (Phi) is 6.28. The monoisotopic (exact) mass is 413 g/mol. The fraction of sp³-hybridized carbons (Fsp3) is 0.304. The van der Waals surface area contributed by atoms with Gasteiger partial charge in [-0.25, -0.2) is 0 Å². The highest BCUT2D eigenvalue weighted by atomic mass is 35.5. The molecule has 0 aliphatic carbocycles. The van der Waals surface area contributed by atoms with E-state index in [1.807, 2.05) is 32.9 Å². The van der Waals surface area contributed by atoms with Crippen LogP contribution in [0.5, 0.6) is 5.75 Å². The second kappa shape index (κ2) is 8.70. The first-order valence-corrected chi connectivity index (χ1v) is 9.98. The van der Waals surface area contributed by atoms with E-state index in [4.69, 9.17) is 16.3 Å². The Morgan fingerprint density at radius 2 is 1.72 bits per heavy atom. The van der Waals surface area contributed by atoms with Crippen LogP contribution in [0.2, 0.25) is 5.02 Å². The molecule has 152 valence electrons. The summed E-state index contributed by atoms with van der Waals surface area (Å²) in [6.07, 6.45) is 0. The zero-order chi connectivity index (χ0) is 21.1. The van der Waals surface area contributed by atoms with Crippen molar-refractivity contribution in [1.29, 1.82) is 0 Å². The number of hydrogen-bond acceptors (Lipinski definition) is 4. The second-order valence-corrected chi connectivity index (χ2v) is 7.79. The molecule has 1 amide bonds. The van der Waals surface area contributed by atoms with E-state index >= 15 is 0 Å². The van der Waals surface area contributed by atoms with Crippen LogP contribution in [0.3, 0.4) is 0 Å². The van der Waals surface area contributed by atoms with Crippen LogP contribution in [0, 0.1) is 5.92 Å². The summed E-state index contributed by atoms with van der Waals surface area (Å²) in [5, 5.41) is 11.5. The molecule has 1 atom stereocenters. The minimum atomic E-state index is -0.683. The number of amides is 1. The first kappa shape index (κ1) is 20.9. The largest absolute Gasteiger partial charge is 0.507 e. The third-order valence-electron chi connectivity index (χ3n) is 4.73. The van der Waals surface area contributed by atoms with Crippen LogP contribution >= 0.6 is 11.6 Å². The molecular weight excluding hydrogens is 390 g/mol. The number of aliphatic hydroxyl groups excluding tert-OH is 1. The lowest BCUT2D eigenvalue weighted by Crippen LogP contribution is -2.33. The van der Waals surface area contributed by atoms with E-state index < -0.39 is 17.7 Å². The van der Waals surface area contributed by atoms with Crippen LogP contribution in [0.15, 0.2) is 54.1 Å². The number of nitrogens with zero attached hydrogens (tertiary/aromatic N) is 1. The Morgan fingerprint density at radius 1 is 1.10 bits per heavy atom. The maximum Gasteiger partial charge on any atom is 0.295 e. The van der Waals surface area contributed by atoms with E-state index in [1.54, 1.807) is 36.4 Å². The van der Waals surface area contributed by atoms with Crippen molar-refractivity contribution in [1.82, 2.24) is 4.90 Å². The van der Waals surface area contributed by atoms with Crippen molar-refractivity contribution in [2.75, 3.05) is 13.2 Å². The molecule has 1 saturated heterocycles. The number of carbonyl (C=O) groups is 2. The zero-order valence-electron chi connectivity index (χ0n) is 16.7. The van der Waals surface area contributed by atoms with Crippen LogP contribution < -0.4 is 4.74 Å². The molecule has 3 rings (SSSR count). The van der Waals surface area contributed by atoms with E-state index in [0.29, 0.717) is 29.5 Å². The summed E-state index contributed by atoms with van der Waals surface area (Å²) in [5.41, 5.74) is 1.26. The highest BCUT2D eigenvalue weighted by molar-refractivity contribution is 6.46. The molecule has 5 nitrogen and oxygen atoms in total. The van der Waals surface area contributed by atoms with Gasteiger partial charge in [-0.1, -0.05) is 37.6 Å². The summed E-state index contributed by atoms with van der Waals surface area (Å²) < 4.78 is 5.49. The average molecular weight is 414 g/mol. The summed E-state index contributed by atoms with van der Waals surface area (Å²) >= 11 is 5.93. The Labute approximate surface area is 175 Å². The quantitative estimate of drug-likeness (QED) is 0.419. The van der Waals surface area contributed by atoms with Gasteiger partial charge in [-0.2, -0.15) is 0 Å². The van der Waals surface area contributed by atoms with Gasteiger partial charge in [0.05, 0.1) is 18.2 Å². The van der Waals surface area contributed by atoms with Crippen LogP contribution in [-0.4, -0.2) is 34.8 Å². The molecule has 0 aromatic heterocycles. The summed E-state index contributed by atoms with van der Waals surface area (Å²) in [4.78, 5) is 27.2. The Balaban J connectivity index is 2.13. The molecule has 1 heterocycles. The van der Waals surface area contributed by atoms with E-state index in [-0.39, 0.29) is 17.3 Å². The molecule has 1 aliphatic rings. The third kappa shape index (κ3) is 4.30. The first-order valence-electron chi connectivity index (χ1n) is 9.60. The predicted molar refractivity (Wildman–Crippen MR) is 113 cm³/mol. The molecule has 2 aromatic rings. The smallest absolute Gasteiger partial charge is 0.295 e. The minimum absolute atomic E-state index is 0.0853. The number of benzene rings is 2. The van der Waals surface area contributed by atoms with Gasteiger partial charge in [0.1, 0.15) is 11.5 Å². The summed E-state index contributed by atoms with van der Waals surface area (Å²) in [5.74, 6) is -0.626. The number of halogens is 1. The maximum absolute atomic E-state index is 12.9. The summed E-state index contributed by atoms with van der Waals surface area (Å²) in [7, 11) is 0. The fourth-order valence-electron chi connectivity index (χ4n) is 3.48. The molecule has 6 heteroatoms. The van der Waals surface area contributed by atoms with Gasteiger partial charge in [-0.3, -0.25) is 9.59 Å². The van der Waals surface area contributed by atoms with Crippen LogP contribution in [0.4, 0.5) is 0 Å². The predicted octanol–water partition coefficient (Wildman–Crippen LogP) is 4.82. The summed E-state index contributed by atoms with van der Waals surface area (Å²) in [6, 6.07) is 13.1. The number of likely N-dealkylation sites (tertiary alicyclic amines) is 1. The van der Waals surface area contributed by atoms with Gasteiger partial charge in [-0.05, 0) is 54.8 Å². The van der Waals surface area contributed by atoms with Gasteiger partial charge >= 0.3 is 0 Å². The van der Waals surface area contributed by atoms with Crippen molar-refractivity contribution < 1.29 is 19.4 Å². The van der Waals surface area contributed by atoms with E-state index in [1.165, 1.54) is 4.90 Å². The average Bonchev–Trinajstić information content (AvgIpc) is 2.93. The lowest BCUT2D eigenvalue weighted by molar-refractivity contribution is -0.140. The number of ketones is 1. The van der Waals surface area contributed by atoms with Gasteiger partial charge in [0, 0.05) is 17.1 Å². The van der Waals surface area contributed by atoms with E-state index in [9.17, 15) is 14.7 Å². The number of ether oxygens (including phenoxy) is 1. The molecule has 1 N–H and O–H groups in total. The molecule has 0 spiro atoms. The number of hydrogen-bond donors (Lipinski definition) is 1. The third-order valence-corrected chi connectivity index (χ3v) is 4.98. The Hall–Kier alpha value is -2.79. The minimum Gasteiger partial charge on any atom is -0.507 e. The van der Waals surface area contributed by atoms with Crippen LogP contribution in [0.1, 0.15) is 37.9 Å². The molecular formula is C23H24ClNO4. The van der Waals surface area contributed by atoms with Gasteiger partial charge in [0.15, 0.2) is 0 Å². The molecule has 0 saturated carbocycles. The number of carbonyl (C=O) groups excluding carboxylic acids is 2. The highest BCUT2D eigenvalue weighted by Gasteiger charge is 2.46. The van der Waals surface area contributed by atoms with Crippen molar-refractivity contribution in [2.24, 2.45) is 5.92 Å². The molecule has 29 heavy (non-hydrogen) atoms. The molecule has 2 aromatic carbocycles. The fourth-order valence-corrected chi connectivity index (χ4v) is 3.61. The number of Topliss-reactive ketones (excluding diaryl/α,β-unsaturated/α-hetero) is 1. The standard InChI is InChI=1S/C23H24ClNO4/c1-4-29-18-11-7-15(8-12-18)20-19(21(26)16-5-9-17(24)10-6-16)22(27)23(28)25(20)13-14(2)3/h5-12,14,20,26H,4,13H2,1-3H3/b21-19-. The topological polar surface area (TPSA) is 66.8 Å². The SMILES string of the molecule is CCOc1ccc(C2/C(=C(/O)c3ccc(Cl)cc3)C(=O)C(=O)N2CC(C)C)cc1.